The second-order valence-corrected chi connectivity index (χ2v) is 4.64. The molecule has 2 heterocycles. The Kier molecular flexibility index (Phi) is 4.06. The van der Waals surface area contributed by atoms with Gasteiger partial charge in [-0.1, -0.05) is 5.21 Å². The summed E-state index contributed by atoms with van der Waals surface area (Å²) >= 11 is 0. The van der Waals surface area contributed by atoms with Gasteiger partial charge >= 0.3 is 0 Å². The van der Waals surface area contributed by atoms with Gasteiger partial charge < -0.3 is 5.73 Å². The summed E-state index contributed by atoms with van der Waals surface area (Å²) in [5.41, 5.74) is 6.51. The van der Waals surface area contributed by atoms with Crippen LogP contribution < -0.4 is 5.73 Å². The molecule has 0 saturated carbocycles. The van der Waals surface area contributed by atoms with Crippen LogP contribution in [-0.4, -0.2) is 37.1 Å². The van der Waals surface area contributed by atoms with Crippen LogP contribution in [0.5, 0.6) is 0 Å². The molecule has 0 aliphatic carbocycles. The van der Waals surface area contributed by atoms with Gasteiger partial charge in [-0.05, 0) is 19.9 Å². The molecule has 0 aliphatic rings. The van der Waals surface area contributed by atoms with E-state index in [1.807, 2.05) is 30.8 Å². The maximum atomic E-state index is 12.0. The summed E-state index contributed by atoms with van der Waals surface area (Å²) in [5.74, 6) is -0.0859. The first kappa shape index (κ1) is 13.4. The minimum atomic E-state index is -0.0859. The first-order valence-corrected chi connectivity index (χ1v) is 6.27. The van der Waals surface area contributed by atoms with Crippen LogP contribution in [-0.2, 0) is 13.0 Å². The highest BCUT2D eigenvalue weighted by Gasteiger charge is 2.13. The third-order valence-corrected chi connectivity index (χ3v) is 2.72. The number of hydrogen-bond acceptors (Lipinski definition) is 5. The van der Waals surface area contributed by atoms with Gasteiger partial charge in [0.1, 0.15) is 5.69 Å². The maximum Gasteiger partial charge on any atom is 0.190 e. The van der Waals surface area contributed by atoms with Gasteiger partial charge in [0.15, 0.2) is 5.78 Å². The average molecular weight is 262 g/mol. The normalized spacial score (nSPS) is 11.2. The number of rotatable bonds is 6. The third kappa shape index (κ3) is 3.25. The van der Waals surface area contributed by atoms with Gasteiger partial charge in [0, 0.05) is 18.8 Å². The summed E-state index contributed by atoms with van der Waals surface area (Å²) in [6.07, 6.45) is 3.73. The Balaban J connectivity index is 2.02. The highest BCUT2D eigenvalue weighted by molar-refractivity contribution is 5.95. The second kappa shape index (κ2) is 5.75. The minimum Gasteiger partial charge on any atom is -0.329 e. The van der Waals surface area contributed by atoms with Gasteiger partial charge in [0.05, 0.1) is 24.9 Å². The van der Waals surface area contributed by atoms with Crippen LogP contribution in [0.4, 0.5) is 0 Å². The SMILES string of the molecule is CC(C)n1ccc(CC(=O)c2cn(CCN)nn2)n1. The van der Waals surface area contributed by atoms with Crippen molar-refractivity contribution in [2.45, 2.75) is 32.9 Å². The molecule has 19 heavy (non-hydrogen) atoms. The number of carbonyl (C=O) groups is 1. The van der Waals surface area contributed by atoms with Crippen molar-refractivity contribution in [3.8, 4) is 0 Å². The Morgan fingerprint density at radius 3 is 2.89 bits per heavy atom. The standard InChI is InChI=1S/C12H18N6O/c1-9(2)18-5-3-10(15-18)7-12(19)11-8-17(6-4-13)16-14-11/h3,5,8-9H,4,6-7,13H2,1-2H3. The zero-order chi connectivity index (χ0) is 13.8. The molecule has 2 aromatic rings. The number of carbonyl (C=O) groups excluding carboxylic acids is 1. The summed E-state index contributed by atoms with van der Waals surface area (Å²) < 4.78 is 3.40. The van der Waals surface area contributed by atoms with Crippen molar-refractivity contribution in [1.82, 2.24) is 24.8 Å². The van der Waals surface area contributed by atoms with E-state index >= 15 is 0 Å². The van der Waals surface area contributed by atoms with E-state index in [1.165, 1.54) is 0 Å². The van der Waals surface area contributed by atoms with E-state index in [-0.39, 0.29) is 18.2 Å². The topological polar surface area (TPSA) is 91.6 Å². The molecule has 0 saturated heterocycles. The number of ketones is 1. The van der Waals surface area contributed by atoms with Crippen molar-refractivity contribution >= 4 is 5.78 Å². The van der Waals surface area contributed by atoms with Gasteiger partial charge in [-0.15, -0.1) is 5.10 Å². The lowest BCUT2D eigenvalue weighted by Gasteiger charge is -2.03. The first-order chi connectivity index (χ1) is 9.10. The van der Waals surface area contributed by atoms with Crippen LogP contribution in [0.1, 0.15) is 36.1 Å². The molecular formula is C12H18N6O. The van der Waals surface area contributed by atoms with Crippen LogP contribution in [0.3, 0.4) is 0 Å². The van der Waals surface area contributed by atoms with E-state index in [9.17, 15) is 4.79 Å². The van der Waals surface area contributed by atoms with Gasteiger partial charge in [-0.3, -0.25) is 14.2 Å². The van der Waals surface area contributed by atoms with Crippen molar-refractivity contribution < 1.29 is 4.79 Å². The van der Waals surface area contributed by atoms with Crippen molar-refractivity contribution in [2.24, 2.45) is 5.73 Å². The van der Waals surface area contributed by atoms with Crippen molar-refractivity contribution in [3.05, 3.63) is 29.8 Å². The third-order valence-electron chi connectivity index (χ3n) is 2.72. The highest BCUT2D eigenvalue weighted by atomic mass is 16.1. The summed E-state index contributed by atoms with van der Waals surface area (Å²) in [6.45, 7) is 5.10. The summed E-state index contributed by atoms with van der Waals surface area (Å²) in [7, 11) is 0. The smallest absolute Gasteiger partial charge is 0.190 e. The summed E-state index contributed by atoms with van der Waals surface area (Å²) in [5, 5.41) is 12.0. The fourth-order valence-electron chi connectivity index (χ4n) is 1.68. The van der Waals surface area contributed by atoms with Crippen LogP contribution in [0.25, 0.3) is 0 Å². The zero-order valence-corrected chi connectivity index (χ0v) is 11.2. The van der Waals surface area contributed by atoms with E-state index in [4.69, 9.17) is 5.73 Å². The van der Waals surface area contributed by atoms with Gasteiger partial charge in [0.2, 0.25) is 0 Å². The molecule has 0 bridgehead atoms. The van der Waals surface area contributed by atoms with E-state index < -0.39 is 0 Å². The van der Waals surface area contributed by atoms with Crippen molar-refractivity contribution in [3.63, 3.8) is 0 Å². The summed E-state index contributed by atoms with van der Waals surface area (Å²) in [6, 6.07) is 2.14. The van der Waals surface area contributed by atoms with E-state index in [1.54, 1.807) is 10.9 Å². The molecule has 0 spiro atoms. The van der Waals surface area contributed by atoms with E-state index in [2.05, 4.69) is 15.4 Å². The van der Waals surface area contributed by atoms with E-state index in [0.29, 0.717) is 18.8 Å². The maximum absolute atomic E-state index is 12.0. The molecule has 0 radical (unpaired) electrons. The number of nitrogens with two attached hydrogens (primary N) is 1. The molecule has 0 aliphatic heterocycles. The van der Waals surface area contributed by atoms with Gasteiger partial charge in [-0.25, -0.2) is 0 Å². The Hall–Kier alpha value is -2.02. The lowest BCUT2D eigenvalue weighted by Crippen LogP contribution is -2.10. The number of aromatic nitrogens is 5. The highest BCUT2D eigenvalue weighted by Crippen LogP contribution is 2.07. The molecule has 0 fully saturated rings. The molecule has 2 rings (SSSR count). The van der Waals surface area contributed by atoms with Crippen LogP contribution in [0, 0.1) is 0 Å². The second-order valence-electron chi connectivity index (χ2n) is 4.64. The molecule has 2 N–H and O–H groups in total. The molecule has 0 amide bonds. The van der Waals surface area contributed by atoms with Gasteiger partial charge in [0.25, 0.3) is 0 Å². The molecular weight excluding hydrogens is 244 g/mol. The van der Waals surface area contributed by atoms with Crippen LogP contribution >= 0.6 is 0 Å². The monoisotopic (exact) mass is 262 g/mol. The van der Waals surface area contributed by atoms with Crippen molar-refractivity contribution in [2.75, 3.05) is 6.54 Å². The molecule has 7 nitrogen and oxygen atoms in total. The fourth-order valence-corrected chi connectivity index (χ4v) is 1.68. The molecule has 102 valence electrons. The molecule has 7 heteroatoms. The quantitative estimate of drug-likeness (QED) is 0.763. The lowest BCUT2D eigenvalue weighted by molar-refractivity contribution is 0.0987. The minimum absolute atomic E-state index is 0.0859. The Labute approximate surface area is 111 Å². The molecule has 0 aromatic carbocycles. The molecule has 0 unspecified atom stereocenters. The fraction of sp³-hybridized carbons (Fsp3) is 0.500. The average Bonchev–Trinajstić information content (AvgIpc) is 2.98. The number of Topliss-reactive ketones (excluding diaryl/α,β-unsaturated/α-hetero) is 1. The largest absolute Gasteiger partial charge is 0.329 e. The predicted octanol–water partition coefficient (Wildman–Crippen LogP) is 0.440. The number of hydrogen-bond donors (Lipinski definition) is 1. The zero-order valence-electron chi connectivity index (χ0n) is 11.2. The summed E-state index contributed by atoms with van der Waals surface area (Å²) in [4.78, 5) is 12.0. The Morgan fingerprint density at radius 1 is 1.47 bits per heavy atom. The Morgan fingerprint density at radius 2 is 2.26 bits per heavy atom. The number of nitrogens with zero attached hydrogens (tertiary/aromatic N) is 5. The van der Waals surface area contributed by atoms with Crippen LogP contribution in [0.15, 0.2) is 18.5 Å². The van der Waals surface area contributed by atoms with E-state index in [0.717, 1.165) is 5.69 Å². The van der Waals surface area contributed by atoms with Gasteiger partial charge in [-0.2, -0.15) is 5.10 Å². The lowest BCUT2D eigenvalue weighted by atomic mass is 10.2. The van der Waals surface area contributed by atoms with Crippen LogP contribution in [0.2, 0.25) is 0 Å². The molecule has 0 atom stereocenters. The van der Waals surface area contributed by atoms with Crippen molar-refractivity contribution in [1.29, 1.82) is 0 Å². The predicted molar refractivity (Wildman–Crippen MR) is 69.7 cm³/mol. The molecule has 2 aromatic heterocycles. The Bertz CT molecular complexity index is 556. The first-order valence-electron chi connectivity index (χ1n) is 6.27.